The van der Waals surface area contributed by atoms with Crippen LogP contribution in [0.4, 0.5) is 10.5 Å². The predicted octanol–water partition coefficient (Wildman–Crippen LogP) is 4.40. The maximum atomic E-state index is 14.0. The van der Waals surface area contributed by atoms with E-state index in [0.29, 0.717) is 24.4 Å². The van der Waals surface area contributed by atoms with Gasteiger partial charge in [0, 0.05) is 31.7 Å². The summed E-state index contributed by atoms with van der Waals surface area (Å²) in [4.78, 5) is 35.0. The number of hydrogen-bond donors (Lipinski definition) is 5. The summed E-state index contributed by atoms with van der Waals surface area (Å²) in [5.74, 6) is -2.68. The van der Waals surface area contributed by atoms with Gasteiger partial charge in [-0.25, -0.2) is 9.78 Å². The van der Waals surface area contributed by atoms with E-state index in [2.05, 4.69) is 10.3 Å². The standard InChI is InChI=1S/C41H63ClN4O10/c1-11-31-41(8,52)35(48)27(6)43-21-23(2)20-40(7,51)36(25(4)33(47)26(5)37(49)55-31)56-38-34(54-29-17-18-32(42)44-22-29)30(19-24(3)53-38)46(10)39(50)45(9)28-15-13-12-14-16-28/h12-18,22-27,30-31,33-36,38,43,47-48,51-52H,11,19-21H2,1-10H3/t23-,24-,25+,26-,27-,30+,31-,33+,34-,35-,36-,38+,40-,41-/m1/s1. The van der Waals surface area contributed by atoms with Crippen molar-refractivity contribution in [2.45, 2.75) is 141 Å². The Balaban J connectivity index is 1.75. The van der Waals surface area contributed by atoms with Crippen LogP contribution in [0.15, 0.2) is 48.7 Å². The molecule has 1 aromatic carbocycles. The van der Waals surface area contributed by atoms with E-state index in [0.717, 1.165) is 0 Å². The van der Waals surface area contributed by atoms with E-state index in [-0.39, 0.29) is 29.9 Å². The van der Waals surface area contributed by atoms with Gasteiger partial charge in [-0.1, -0.05) is 50.6 Å². The number of nitrogens with one attached hydrogen (secondary N) is 1. The molecule has 2 aromatic rings. The van der Waals surface area contributed by atoms with E-state index in [1.807, 2.05) is 44.2 Å². The number of rotatable bonds is 7. The lowest BCUT2D eigenvalue weighted by molar-refractivity contribution is -0.293. The number of carbonyl (C=O) groups excluding carboxylic acids is 2. The Morgan fingerprint density at radius 3 is 2.32 bits per heavy atom. The number of hydrogen-bond acceptors (Lipinski definition) is 12. The van der Waals surface area contributed by atoms with Crippen molar-refractivity contribution in [2.75, 3.05) is 25.5 Å². The van der Waals surface area contributed by atoms with Crippen LogP contribution in [0.2, 0.25) is 5.15 Å². The van der Waals surface area contributed by atoms with Gasteiger partial charge in [-0.05, 0) is 90.6 Å². The molecule has 0 aliphatic carbocycles. The third-order valence-corrected chi connectivity index (χ3v) is 11.7. The van der Waals surface area contributed by atoms with Gasteiger partial charge in [0.15, 0.2) is 12.4 Å². The molecular weight excluding hydrogens is 744 g/mol. The lowest BCUT2D eigenvalue weighted by atomic mass is 9.78. The topological polar surface area (TPSA) is 183 Å². The molecule has 2 aliphatic rings. The smallest absolute Gasteiger partial charge is 0.324 e. The van der Waals surface area contributed by atoms with Crippen LogP contribution in [0.1, 0.15) is 74.7 Å². The van der Waals surface area contributed by atoms with E-state index < -0.39 is 84.0 Å². The maximum absolute atomic E-state index is 14.0. The van der Waals surface area contributed by atoms with E-state index >= 15 is 0 Å². The first-order valence-corrected chi connectivity index (χ1v) is 20.0. The van der Waals surface area contributed by atoms with Gasteiger partial charge in [-0.15, -0.1) is 0 Å². The number of halogens is 1. The van der Waals surface area contributed by atoms with Crippen LogP contribution in [-0.4, -0.2) is 129 Å². The molecule has 14 nitrogen and oxygen atoms in total. The highest BCUT2D eigenvalue weighted by Crippen LogP contribution is 2.37. The molecule has 0 spiro atoms. The predicted molar refractivity (Wildman–Crippen MR) is 212 cm³/mol. The molecule has 2 amide bonds. The van der Waals surface area contributed by atoms with Crippen molar-refractivity contribution in [2.24, 2.45) is 17.8 Å². The molecule has 2 saturated heterocycles. The normalized spacial score (nSPS) is 37.7. The van der Waals surface area contributed by atoms with Crippen LogP contribution in [0.5, 0.6) is 5.75 Å². The molecule has 3 heterocycles. The number of carbonyl (C=O) groups is 2. The SMILES string of the molecule is CC[C@H]1OC(=O)[C@H](C)[C@@H](O)[C@H](C)[C@@H](O[C@@H]2O[C@H](C)C[C@H](N(C)C(=O)N(C)c3ccccc3)[C@H]2Oc2ccc(Cl)nc2)[C@](C)(O)C[C@@H](C)CN[C@H](C)[C@@H](O)[C@]1(C)O. The number of urea groups is 1. The van der Waals surface area contributed by atoms with E-state index in [9.17, 15) is 30.0 Å². The fraction of sp³-hybridized carbons (Fsp3) is 0.683. The first-order chi connectivity index (χ1) is 26.2. The van der Waals surface area contributed by atoms with Crippen LogP contribution in [-0.2, 0) is 19.0 Å². The van der Waals surface area contributed by atoms with Crippen molar-refractivity contribution in [1.82, 2.24) is 15.2 Å². The summed E-state index contributed by atoms with van der Waals surface area (Å²) in [5.41, 5.74) is -2.75. The molecule has 56 heavy (non-hydrogen) atoms. The number of esters is 1. The second kappa shape index (κ2) is 19.1. The Hall–Kier alpha value is -3.08. The molecule has 5 N–H and O–H groups in total. The molecule has 0 saturated carbocycles. The minimum Gasteiger partial charge on any atom is -0.481 e. The van der Waals surface area contributed by atoms with E-state index in [4.69, 9.17) is 30.5 Å². The van der Waals surface area contributed by atoms with Crippen molar-refractivity contribution < 1.29 is 49.0 Å². The average Bonchev–Trinajstić information content (AvgIpc) is 3.16. The van der Waals surface area contributed by atoms with Crippen molar-refractivity contribution in [1.29, 1.82) is 0 Å². The average molecular weight is 807 g/mol. The first kappa shape index (κ1) is 45.6. The van der Waals surface area contributed by atoms with Gasteiger partial charge in [0.05, 0.1) is 42.1 Å². The Bertz CT molecular complexity index is 1570. The number of pyridine rings is 1. The Morgan fingerprint density at radius 2 is 1.71 bits per heavy atom. The molecule has 2 aliphatic heterocycles. The second-order valence-corrected chi connectivity index (χ2v) is 16.8. The number of anilines is 1. The third-order valence-electron chi connectivity index (χ3n) is 11.5. The van der Waals surface area contributed by atoms with Crippen molar-refractivity contribution in [3.8, 4) is 5.75 Å². The van der Waals surface area contributed by atoms with Gasteiger partial charge in [-0.2, -0.15) is 0 Å². The maximum Gasteiger partial charge on any atom is 0.324 e. The minimum absolute atomic E-state index is 0.163. The van der Waals surface area contributed by atoms with Crippen LogP contribution < -0.4 is 15.0 Å². The zero-order valence-electron chi connectivity index (χ0n) is 34.3. The summed E-state index contributed by atoms with van der Waals surface area (Å²) in [6, 6.07) is 10.9. The molecule has 314 valence electrons. The van der Waals surface area contributed by atoms with Gasteiger partial charge in [0.2, 0.25) is 0 Å². The molecular formula is C41H63ClN4O10. The fourth-order valence-electron chi connectivity index (χ4n) is 8.08. The molecule has 0 radical (unpaired) electrons. The van der Waals surface area contributed by atoms with Gasteiger partial charge >= 0.3 is 12.0 Å². The molecule has 1 aromatic heterocycles. The van der Waals surface area contributed by atoms with Gasteiger partial charge in [0.25, 0.3) is 0 Å². The Labute approximate surface area is 336 Å². The quantitative estimate of drug-likeness (QED) is 0.197. The van der Waals surface area contributed by atoms with Crippen molar-refractivity contribution in [3.63, 3.8) is 0 Å². The zero-order valence-corrected chi connectivity index (χ0v) is 35.1. The number of benzene rings is 1. The monoisotopic (exact) mass is 806 g/mol. The van der Waals surface area contributed by atoms with Crippen molar-refractivity contribution in [3.05, 3.63) is 53.8 Å². The number of ether oxygens (including phenoxy) is 4. The highest BCUT2D eigenvalue weighted by Gasteiger charge is 2.51. The molecule has 4 rings (SSSR count). The summed E-state index contributed by atoms with van der Waals surface area (Å²) >= 11 is 6.10. The molecule has 0 unspecified atom stereocenters. The van der Waals surface area contributed by atoms with Gasteiger partial charge < -0.3 is 49.6 Å². The number of aliphatic hydroxyl groups excluding tert-OH is 2. The molecule has 15 heteroatoms. The first-order valence-electron chi connectivity index (χ1n) is 19.6. The highest BCUT2D eigenvalue weighted by atomic mass is 35.5. The lowest BCUT2D eigenvalue weighted by Gasteiger charge is -2.48. The van der Waals surface area contributed by atoms with Crippen LogP contribution in [0.25, 0.3) is 0 Å². The van der Waals surface area contributed by atoms with Crippen LogP contribution >= 0.6 is 11.6 Å². The number of cyclic esters (lactones) is 1. The summed E-state index contributed by atoms with van der Waals surface area (Å²) < 4.78 is 25.6. The Morgan fingerprint density at radius 1 is 1.05 bits per heavy atom. The van der Waals surface area contributed by atoms with Gasteiger partial charge in [-0.3, -0.25) is 9.69 Å². The number of para-hydroxylation sites is 1. The largest absolute Gasteiger partial charge is 0.481 e. The highest BCUT2D eigenvalue weighted by molar-refractivity contribution is 6.29. The minimum atomic E-state index is -1.81. The van der Waals surface area contributed by atoms with E-state index in [1.165, 1.54) is 24.9 Å². The molecule has 0 bridgehead atoms. The van der Waals surface area contributed by atoms with Crippen molar-refractivity contribution >= 4 is 29.3 Å². The molecule has 14 atom stereocenters. The van der Waals surface area contributed by atoms with Gasteiger partial charge in [0.1, 0.15) is 28.7 Å². The van der Waals surface area contributed by atoms with Crippen LogP contribution in [0.3, 0.4) is 0 Å². The number of aromatic nitrogens is 1. The summed E-state index contributed by atoms with van der Waals surface area (Å²) in [6.45, 7) is 13.8. The number of amides is 2. The number of nitrogens with zero attached hydrogens (tertiary/aromatic N) is 3. The van der Waals surface area contributed by atoms with Crippen LogP contribution in [0, 0.1) is 17.8 Å². The van der Waals surface area contributed by atoms with E-state index in [1.54, 1.807) is 58.8 Å². The molecule has 2 fully saturated rings. The summed E-state index contributed by atoms with van der Waals surface area (Å²) in [5, 5.41) is 50.4. The number of aliphatic hydroxyl groups is 4. The summed E-state index contributed by atoms with van der Waals surface area (Å²) in [6.07, 6.45) is -5.36. The Kier molecular flexibility index (Phi) is 15.6. The lowest BCUT2D eigenvalue weighted by Crippen LogP contribution is -2.62. The number of likely N-dealkylation sites (N-methyl/N-ethyl adjacent to an activating group) is 1. The third kappa shape index (κ3) is 10.7. The summed E-state index contributed by atoms with van der Waals surface area (Å²) in [7, 11) is 3.38. The fourth-order valence-corrected chi connectivity index (χ4v) is 8.19. The zero-order chi connectivity index (χ0) is 41.7. The second-order valence-electron chi connectivity index (χ2n) is 16.4.